The molecule has 1 N–H and O–H groups in total. The monoisotopic (exact) mass is 435 g/mol. The summed E-state index contributed by atoms with van der Waals surface area (Å²) in [6.07, 6.45) is 2.87. The Morgan fingerprint density at radius 1 is 1.35 bits per heavy atom. The number of carbonyl (C=O) groups is 1. The van der Waals surface area contributed by atoms with E-state index in [0.717, 1.165) is 24.8 Å². The molecule has 1 aliphatic carbocycles. The van der Waals surface area contributed by atoms with Gasteiger partial charge in [-0.1, -0.05) is 38.1 Å². The third-order valence-electron chi connectivity index (χ3n) is 5.94. The molecular weight excluding hydrogens is 410 g/mol. The zero-order chi connectivity index (χ0) is 22.2. The maximum atomic E-state index is 12.9. The van der Waals surface area contributed by atoms with Crippen LogP contribution in [0.3, 0.4) is 0 Å². The van der Waals surface area contributed by atoms with Gasteiger partial charge in [0, 0.05) is 10.9 Å². The largest absolute Gasteiger partial charge is 0.496 e. The fraction of sp³-hybridized carbons (Fsp3) is 0.375. The highest BCUT2D eigenvalue weighted by atomic mass is 32.1. The fourth-order valence-electron chi connectivity index (χ4n) is 4.06. The van der Waals surface area contributed by atoms with Gasteiger partial charge in [-0.25, -0.2) is 0 Å². The van der Waals surface area contributed by atoms with Gasteiger partial charge in [-0.15, -0.1) is 11.3 Å². The fourth-order valence-corrected chi connectivity index (χ4v) is 5.33. The number of hydrogen-bond donors (Lipinski definition) is 1. The molecule has 0 fully saturated rings. The topological polar surface area (TPSA) is 88.1 Å². The molecule has 0 saturated carbocycles. The third kappa shape index (κ3) is 4.08. The molecule has 7 heteroatoms. The molecule has 31 heavy (non-hydrogen) atoms. The summed E-state index contributed by atoms with van der Waals surface area (Å²) in [6, 6.07) is 11.3. The molecular formula is C24H25N3O3S. The molecule has 0 saturated heterocycles. The normalized spacial score (nSPS) is 15.8. The standard InChI is InChI=1S/C24H25N3O3S/c1-24(2,3)14-9-10-15-17(13-25)23(31-21(15)11-14)26-22(28)18-12-20(30-27-18)16-7-5-6-8-19(16)29-4/h5-8,12,14H,9-11H2,1-4H3,(H,26,28)/t14-/m1/s1. The Labute approximate surface area is 185 Å². The van der Waals surface area contributed by atoms with E-state index in [-0.39, 0.29) is 11.1 Å². The minimum absolute atomic E-state index is 0.156. The SMILES string of the molecule is COc1ccccc1-c1cc(C(=O)Nc2sc3c(c2C#N)CC[C@@H](C(C)(C)C)C3)no1. The molecule has 1 atom stereocenters. The molecule has 1 amide bonds. The molecule has 2 heterocycles. The zero-order valence-electron chi connectivity index (χ0n) is 18.1. The summed E-state index contributed by atoms with van der Waals surface area (Å²) in [5.41, 5.74) is 2.75. The summed E-state index contributed by atoms with van der Waals surface area (Å²) in [5, 5.41) is 17.1. The predicted molar refractivity (Wildman–Crippen MR) is 120 cm³/mol. The number of fused-ring (bicyclic) bond motifs is 1. The van der Waals surface area contributed by atoms with E-state index in [2.05, 4.69) is 37.3 Å². The number of rotatable bonds is 4. The van der Waals surface area contributed by atoms with Crippen molar-refractivity contribution in [1.82, 2.24) is 5.16 Å². The molecule has 3 aromatic rings. The molecule has 0 spiro atoms. The van der Waals surface area contributed by atoms with Crippen molar-refractivity contribution >= 4 is 22.2 Å². The van der Waals surface area contributed by atoms with Gasteiger partial charge in [0.1, 0.15) is 16.8 Å². The van der Waals surface area contributed by atoms with Crippen molar-refractivity contribution in [1.29, 1.82) is 5.26 Å². The molecule has 160 valence electrons. The third-order valence-corrected chi connectivity index (χ3v) is 7.11. The average Bonchev–Trinajstić information content (AvgIpc) is 3.37. The van der Waals surface area contributed by atoms with Crippen molar-refractivity contribution < 1.29 is 14.1 Å². The van der Waals surface area contributed by atoms with Gasteiger partial charge in [0.25, 0.3) is 5.91 Å². The first-order valence-electron chi connectivity index (χ1n) is 10.3. The lowest BCUT2D eigenvalue weighted by molar-refractivity contribution is 0.101. The summed E-state index contributed by atoms with van der Waals surface area (Å²) < 4.78 is 10.7. The predicted octanol–water partition coefficient (Wildman–Crippen LogP) is 5.69. The van der Waals surface area contributed by atoms with Crippen LogP contribution in [-0.4, -0.2) is 18.2 Å². The second kappa shape index (κ2) is 8.20. The Bertz CT molecular complexity index is 1160. The molecule has 4 rings (SSSR count). The van der Waals surface area contributed by atoms with Gasteiger partial charge in [-0.05, 0) is 48.3 Å². The number of nitriles is 1. The van der Waals surface area contributed by atoms with Gasteiger partial charge in [-0.3, -0.25) is 4.79 Å². The Kier molecular flexibility index (Phi) is 5.59. The van der Waals surface area contributed by atoms with E-state index in [1.165, 1.54) is 16.2 Å². The van der Waals surface area contributed by atoms with Crippen LogP contribution in [0.2, 0.25) is 0 Å². The van der Waals surface area contributed by atoms with E-state index in [4.69, 9.17) is 9.26 Å². The van der Waals surface area contributed by atoms with E-state index in [1.54, 1.807) is 13.2 Å². The number of methoxy groups -OCH3 is 1. The molecule has 0 bridgehead atoms. The number of ether oxygens (including phenoxy) is 1. The minimum atomic E-state index is -0.396. The Morgan fingerprint density at radius 2 is 2.13 bits per heavy atom. The van der Waals surface area contributed by atoms with E-state index in [9.17, 15) is 10.1 Å². The quantitative estimate of drug-likeness (QED) is 0.569. The highest BCUT2D eigenvalue weighted by molar-refractivity contribution is 7.16. The van der Waals surface area contributed by atoms with Gasteiger partial charge in [0.15, 0.2) is 11.5 Å². The van der Waals surface area contributed by atoms with Crippen LogP contribution in [0.15, 0.2) is 34.9 Å². The van der Waals surface area contributed by atoms with Crippen LogP contribution in [-0.2, 0) is 12.8 Å². The van der Waals surface area contributed by atoms with Crippen molar-refractivity contribution in [2.45, 2.75) is 40.0 Å². The van der Waals surface area contributed by atoms with Crippen LogP contribution in [0.1, 0.15) is 53.7 Å². The van der Waals surface area contributed by atoms with Crippen LogP contribution in [0.5, 0.6) is 5.75 Å². The molecule has 1 aromatic carbocycles. The number of carbonyl (C=O) groups excluding carboxylic acids is 1. The number of para-hydroxylation sites is 1. The van der Waals surface area contributed by atoms with E-state index in [1.807, 2.05) is 24.3 Å². The number of hydrogen-bond acceptors (Lipinski definition) is 6. The first-order valence-corrected chi connectivity index (χ1v) is 11.1. The van der Waals surface area contributed by atoms with Crippen LogP contribution >= 0.6 is 11.3 Å². The van der Waals surface area contributed by atoms with Crippen molar-refractivity contribution in [3.63, 3.8) is 0 Å². The van der Waals surface area contributed by atoms with Crippen molar-refractivity contribution in [3.05, 3.63) is 52.0 Å². The van der Waals surface area contributed by atoms with Crippen LogP contribution in [0, 0.1) is 22.7 Å². The lowest BCUT2D eigenvalue weighted by Crippen LogP contribution is -2.26. The highest BCUT2D eigenvalue weighted by Gasteiger charge is 2.32. The van der Waals surface area contributed by atoms with Crippen LogP contribution < -0.4 is 10.1 Å². The van der Waals surface area contributed by atoms with Gasteiger partial charge in [-0.2, -0.15) is 5.26 Å². The second-order valence-corrected chi connectivity index (χ2v) is 9.96. The van der Waals surface area contributed by atoms with Crippen LogP contribution in [0.25, 0.3) is 11.3 Å². The molecule has 0 aliphatic heterocycles. The summed E-state index contributed by atoms with van der Waals surface area (Å²) in [7, 11) is 1.58. The van der Waals surface area contributed by atoms with Crippen molar-refractivity contribution in [2.24, 2.45) is 11.3 Å². The number of nitrogens with zero attached hydrogens (tertiary/aromatic N) is 2. The highest BCUT2D eigenvalue weighted by Crippen LogP contribution is 2.44. The number of amides is 1. The summed E-state index contributed by atoms with van der Waals surface area (Å²) in [6.45, 7) is 6.77. The first-order chi connectivity index (χ1) is 14.8. The number of aromatic nitrogens is 1. The average molecular weight is 436 g/mol. The number of thiophene rings is 1. The smallest absolute Gasteiger partial charge is 0.278 e. The first kappa shape index (κ1) is 21.1. The Balaban J connectivity index is 1.57. The number of benzene rings is 1. The lowest BCUT2D eigenvalue weighted by atomic mass is 9.72. The van der Waals surface area contributed by atoms with E-state index in [0.29, 0.717) is 33.6 Å². The van der Waals surface area contributed by atoms with Gasteiger partial charge < -0.3 is 14.6 Å². The van der Waals surface area contributed by atoms with E-state index >= 15 is 0 Å². The molecule has 1 aliphatic rings. The zero-order valence-corrected chi connectivity index (χ0v) is 18.9. The molecule has 6 nitrogen and oxygen atoms in total. The van der Waals surface area contributed by atoms with Gasteiger partial charge in [0.05, 0.1) is 18.2 Å². The molecule has 0 radical (unpaired) electrons. The lowest BCUT2D eigenvalue weighted by Gasteiger charge is -2.33. The summed E-state index contributed by atoms with van der Waals surface area (Å²) in [5.74, 6) is 1.25. The second-order valence-electron chi connectivity index (χ2n) is 8.86. The van der Waals surface area contributed by atoms with Gasteiger partial charge in [0.2, 0.25) is 0 Å². The van der Waals surface area contributed by atoms with E-state index < -0.39 is 5.91 Å². The summed E-state index contributed by atoms with van der Waals surface area (Å²) >= 11 is 1.51. The van der Waals surface area contributed by atoms with Crippen molar-refractivity contribution in [3.8, 4) is 23.1 Å². The minimum Gasteiger partial charge on any atom is -0.496 e. The number of nitrogens with one attached hydrogen (secondary N) is 1. The molecule has 0 unspecified atom stereocenters. The molecule has 2 aromatic heterocycles. The maximum Gasteiger partial charge on any atom is 0.278 e. The maximum absolute atomic E-state index is 12.9. The Morgan fingerprint density at radius 3 is 2.84 bits per heavy atom. The van der Waals surface area contributed by atoms with Gasteiger partial charge >= 0.3 is 0 Å². The van der Waals surface area contributed by atoms with Crippen molar-refractivity contribution in [2.75, 3.05) is 12.4 Å². The Hall–Kier alpha value is -3.11. The number of anilines is 1. The summed E-state index contributed by atoms with van der Waals surface area (Å²) in [4.78, 5) is 14.1. The van der Waals surface area contributed by atoms with Crippen LogP contribution in [0.4, 0.5) is 5.00 Å².